The normalized spacial score (nSPS) is 13.0. The molecule has 0 heterocycles. The van der Waals surface area contributed by atoms with E-state index in [1.54, 1.807) is 25.1 Å². The zero-order valence-corrected chi connectivity index (χ0v) is 12.0. The number of benzene rings is 2. The second kappa shape index (κ2) is 6.35. The van der Waals surface area contributed by atoms with Crippen molar-refractivity contribution in [1.29, 1.82) is 0 Å². The summed E-state index contributed by atoms with van der Waals surface area (Å²) in [6.07, 6.45) is 1.65. The van der Waals surface area contributed by atoms with Gasteiger partial charge in [-0.1, -0.05) is 48.0 Å². The molecule has 3 heteroatoms. The van der Waals surface area contributed by atoms with Gasteiger partial charge in [-0.15, -0.1) is 0 Å². The third-order valence-corrected chi connectivity index (χ3v) is 3.40. The van der Waals surface area contributed by atoms with Crippen LogP contribution in [0.4, 0.5) is 4.39 Å². The highest BCUT2D eigenvalue weighted by Crippen LogP contribution is 2.28. The van der Waals surface area contributed by atoms with E-state index in [4.69, 9.17) is 5.11 Å². The average Bonchev–Trinajstić information content (AvgIpc) is 2.45. The van der Waals surface area contributed by atoms with Crippen molar-refractivity contribution in [3.63, 3.8) is 0 Å². The van der Waals surface area contributed by atoms with Gasteiger partial charge in [0.05, 0.1) is 0 Å². The molecule has 108 valence electrons. The topological polar surface area (TPSA) is 37.3 Å². The van der Waals surface area contributed by atoms with Crippen LogP contribution in [0.5, 0.6) is 0 Å². The molecule has 0 fully saturated rings. The van der Waals surface area contributed by atoms with Crippen LogP contribution in [0.15, 0.2) is 60.2 Å². The monoisotopic (exact) mass is 284 g/mol. The SMILES string of the molecule is C/C(=C\C(c1ccc(C)cc1)c1cccc(F)c1)C(=O)O. The first-order valence-electron chi connectivity index (χ1n) is 6.71. The van der Waals surface area contributed by atoms with E-state index in [9.17, 15) is 9.18 Å². The number of carboxylic acid groups (broad SMARTS) is 1. The largest absolute Gasteiger partial charge is 0.478 e. The number of hydrogen-bond acceptors (Lipinski definition) is 1. The molecular formula is C18H17FO2. The highest BCUT2D eigenvalue weighted by Gasteiger charge is 2.14. The van der Waals surface area contributed by atoms with Crippen molar-refractivity contribution in [3.05, 3.63) is 82.7 Å². The van der Waals surface area contributed by atoms with Crippen LogP contribution >= 0.6 is 0 Å². The zero-order chi connectivity index (χ0) is 15.4. The van der Waals surface area contributed by atoms with Gasteiger partial charge in [0.1, 0.15) is 5.82 Å². The van der Waals surface area contributed by atoms with Gasteiger partial charge in [0, 0.05) is 11.5 Å². The molecule has 0 saturated carbocycles. The molecule has 1 unspecified atom stereocenters. The molecule has 0 saturated heterocycles. The lowest BCUT2D eigenvalue weighted by Crippen LogP contribution is -2.03. The predicted molar refractivity (Wildman–Crippen MR) is 80.8 cm³/mol. The van der Waals surface area contributed by atoms with Gasteiger partial charge >= 0.3 is 5.97 Å². The molecular weight excluding hydrogens is 267 g/mol. The van der Waals surface area contributed by atoms with Crippen LogP contribution in [0.25, 0.3) is 0 Å². The van der Waals surface area contributed by atoms with Gasteiger partial charge in [0.25, 0.3) is 0 Å². The Bertz CT molecular complexity index is 672. The summed E-state index contributed by atoms with van der Waals surface area (Å²) in [5.74, 6) is -1.58. The number of rotatable bonds is 4. The molecule has 0 aromatic heterocycles. The fourth-order valence-electron chi connectivity index (χ4n) is 2.18. The van der Waals surface area contributed by atoms with Gasteiger partial charge in [-0.3, -0.25) is 0 Å². The summed E-state index contributed by atoms with van der Waals surface area (Å²) >= 11 is 0. The van der Waals surface area contributed by atoms with Crippen molar-refractivity contribution in [2.75, 3.05) is 0 Å². The maximum Gasteiger partial charge on any atom is 0.330 e. The fourth-order valence-corrected chi connectivity index (χ4v) is 2.18. The molecule has 1 atom stereocenters. The Balaban J connectivity index is 2.51. The lowest BCUT2D eigenvalue weighted by molar-refractivity contribution is -0.132. The number of hydrogen-bond donors (Lipinski definition) is 1. The Morgan fingerprint density at radius 2 is 1.81 bits per heavy atom. The molecule has 2 aromatic carbocycles. The van der Waals surface area contributed by atoms with E-state index in [-0.39, 0.29) is 17.3 Å². The van der Waals surface area contributed by atoms with E-state index in [2.05, 4.69) is 0 Å². The number of aliphatic carboxylic acids is 1. The van der Waals surface area contributed by atoms with Crippen molar-refractivity contribution < 1.29 is 14.3 Å². The molecule has 0 aliphatic heterocycles. The lowest BCUT2D eigenvalue weighted by atomic mass is 9.89. The summed E-state index contributed by atoms with van der Waals surface area (Å²) in [6, 6.07) is 14.1. The number of carbonyl (C=O) groups is 1. The van der Waals surface area contributed by atoms with Crippen molar-refractivity contribution in [2.45, 2.75) is 19.8 Å². The van der Waals surface area contributed by atoms with E-state index >= 15 is 0 Å². The van der Waals surface area contributed by atoms with E-state index < -0.39 is 5.97 Å². The Hall–Kier alpha value is -2.42. The third kappa shape index (κ3) is 3.78. The molecule has 0 bridgehead atoms. The van der Waals surface area contributed by atoms with Crippen LogP contribution in [0, 0.1) is 12.7 Å². The molecule has 0 aliphatic carbocycles. The summed E-state index contributed by atoms with van der Waals surface area (Å²) < 4.78 is 13.5. The smallest absolute Gasteiger partial charge is 0.330 e. The summed E-state index contributed by atoms with van der Waals surface area (Å²) in [5, 5.41) is 9.08. The summed E-state index contributed by atoms with van der Waals surface area (Å²) in [4.78, 5) is 11.1. The number of aryl methyl sites for hydroxylation is 1. The lowest BCUT2D eigenvalue weighted by Gasteiger charge is -2.15. The molecule has 0 spiro atoms. The Kier molecular flexibility index (Phi) is 4.53. The van der Waals surface area contributed by atoms with Crippen molar-refractivity contribution in [3.8, 4) is 0 Å². The van der Waals surface area contributed by atoms with Gasteiger partial charge in [-0.05, 0) is 37.1 Å². The molecule has 0 aliphatic rings. The molecule has 2 aromatic rings. The zero-order valence-electron chi connectivity index (χ0n) is 12.0. The summed E-state index contributed by atoms with van der Waals surface area (Å²) in [6.45, 7) is 3.53. The van der Waals surface area contributed by atoms with Crippen LogP contribution in [-0.2, 0) is 4.79 Å². The first-order valence-corrected chi connectivity index (χ1v) is 6.71. The van der Waals surface area contributed by atoms with Crippen molar-refractivity contribution in [1.82, 2.24) is 0 Å². The Labute approximate surface area is 123 Å². The van der Waals surface area contributed by atoms with Crippen molar-refractivity contribution in [2.24, 2.45) is 0 Å². The van der Waals surface area contributed by atoms with Crippen LogP contribution in [0.3, 0.4) is 0 Å². The van der Waals surface area contributed by atoms with E-state index in [0.29, 0.717) is 0 Å². The quantitative estimate of drug-likeness (QED) is 0.850. The average molecular weight is 284 g/mol. The van der Waals surface area contributed by atoms with E-state index in [1.165, 1.54) is 12.1 Å². The molecule has 21 heavy (non-hydrogen) atoms. The van der Waals surface area contributed by atoms with Crippen molar-refractivity contribution >= 4 is 5.97 Å². The first-order chi connectivity index (χ1) is 9.97. The predicted octanol–water partition coefficient (Wildman–Crippen LogP) is 4.30. The van der Waals surface area contributed by atoms with Gasteiger partial charge in [-0.25, -0.2) is 9.18 Å². The summed E-state index contributed by atoms with van der Waals surface area (Å²) in [7, 11) is 0. The molecule has 2 nitrogen and oxygen atoms in total. The molecule has 1 N–H and O–H groups in total. The van der Waals surface area contributed by atoms with E-state index in [0.717, 1.165) is 16.7 Å². The third-order valence-electron chi connectivity index (χ3n) is 3.40. The Morgan fingerprint density at radius 3 is 2.38 bits per heavy atom. The molecule has 0 amide bonds. The number of carboxylic acids is 1. The maximum absolute atomic E-state index is 13.5. The Morgan fingerprint density at radius 1 is 1.14 bits per heavy atom. The highest BCUT2D eigenvalue weighted by molar-refractivity contribution is 5.86. The van der Waals surface area contributed by atoms with Crippen LogP contribution in [0.2, 0.25) is 0 Å². The molecule has 2 rings (SSSR count). The van der Waals surface area contributed by atoms with Crippen LogP contribution in [-0.4, -0.2) is 11.1 Å². The minimum absolute atomic E-state index is 0.241. The second-order valence-electron chi connectivity index (χ2n) is 5.10. The maximum atomic E-state index is 13.5. The van der Waals surface area contributed by atoms with Crippen LogP contribution in [0.1, 0.15) is 29.5 Å². The summed E-state index contributed by atoms with van der Waals surface area (Å²) in [5.41, 5.74) is 3.03. The van der Waals surface area contributed by atoms with E-state index in [1.807, 2.05) is 31.2 Å². The number of allylic oxidation sites excluding steroid dienone is 1. The minimum Gasteiger partial charge on any atom is -0.478 e. The van der Waals surface area contributed by atoms with Gasteiger partial charge in [0.2, 0.25) is 0 Å². The first kappa shape index (κ1) is 15.0. The van der Waals surface area contributed by atoms with Gasteiger partial charge in [0.15, 0.2) is 0 Å². The van der Waals surface area contributed by atoms with Gasteiger partial charge in [-0.2, -0.15) is 0 Å². The minimum atomic E-state index is -0.969. The van der Waals surface area contributed by atoms with Crippen LogP contribution < -0.4 is 0 Å². The standard InChI is InChI=1S/C18H17FO2/c1-12-6-8-14(9-7-12)17(10-13(2)18(20)21)15-4-3-5-16(19)11-15/h3-11,17H,1-2H3,(H,20,21)/b13-10+. The molecule has 0 radical (unpaired) electrons. The number of halogens is 1. The fraction of sp³-hybridized carbons (Fsp3) is 0.167. The van der Waals surface area contributed by atoms with Gasteiger partial charge < -0.3 is 5.11 Å². The second-order valence-corrected chi connectivity index (χ2v) is 5.10. The highest BCUT2D eigenvalue weighted by atomic mass is 19.1.